The number of carbonyl (C=O) groups excluding carboxylic acids is 12. The van der Waals surface area contributed by atoms with Gasteiger partial charge in [-0.3, -0.25) is 62.3 Å². The molecule has 5 aliphatic rings. The third-order valence-electron chi connectivity index (χ3n) is 20.0. The molecule has 10 atom stereocenters. The molecule has 3 aliphatic heterocycles. The van der Waals surface area contributed by atoms with Crippen LogP contribution in [-0.4, -0.2) is 275 Å². The average Bonchev–Trinajstić information content (AvgIpc) is 1.04. The normalized spacial score (nSPS) is 27.3. The number of nitrogens with zero attached hydrogens (tertiary/aromatic N) is 9. The number of aliphatic carboxylic acids is 1. The number of nitrogens with one attached hydrogen (secondary N) is 3. The van der Waals surface area contributed by atoms with E-state index in [4.69, 9.17) is 4.74 Å². The fourth-order valence-electron chi connectivity index (χ4n) is 13.8. The number of benzene rings is 1. The van der Waals surface area contributed by atoms with Crippen LogP contribution in [0.4, 0.5) is 13.2 Å². The van der Waals surface area contributed by atoms with Crippen molar-refractivity contribution in [1.82, 2.24) is 60.0 Å². The van der Waals surface area contributed by atoms with Crippen LogP contribution < -0.4 is 16.0 Å². The van der Waals surface area contributed by atoms with E-state index < -0.39 is 193 Å². The molecule has 5 fully saturated rings. The van der Waals surface area contributed by atoms with Crippen LogP contribution in [0.15, 0.2) is 24.3 Å². The van der Waals surface area contributed by atoms with E-state index >= 15 is 14.4 Å². The van der Waals surface area contributed by atoms with Crippen molar-refractivity contribution in [3.63, 3.8) is 0 Å². The summed E-state index contributed by atoms with van der Waals surface area (Å²) in [4.78, 5) is 200. The predicted molar refractivity (Wildman–Crippen MR) is 342 cm³/mol. The highest BCUT2D eigenvalue weighted by Gasteiger charge is 2.54. The third-order valence-corrected chi connectivity index (χ3v) is 20.0. The first-order chi connectivity index (χ1) is 45.1. The summed E-state index contributed by atoms with van der Waals surface area (Å²) in [6.45, 7) is 5.26. The Kier molecular flexibility index (Phi) is 26.8. The molecule has 1 aromatic rings. The van der Waals surface area contributed by atoms with E-state index in [9.17, 15) is 66.2 Å². The molecule has 1 spiro atoms. The van der Waals surface area contributed by atoms with Gasteiger partial charge in [-0.25, -0.2) is 0 Å². The molecule has 2 bridgehead atoms. The van der Waals surface area contributed by atoms with Crippen LogP contribution >= 0.6 is 0 Å². The molecule has 534 valence electrons. The Balaban J connectivity index is 1.44. The first-order valence-electron chi connectivity index (χ1n) is 33.4. The molecule has 2 aliphatic carbocycles. The number of halogens is 3. The second-order valence-corrected chi connectivity index (χ2v) is 26.8. The maximum absolute atomic E-state index is 15.3. The highest BCUT2D eigenvalue weighted by molar-refractivity contribution is 6.01. The monoisotopic (exact) mass is 1360 g/mol. The Hall–Kier alpha value is -7.92. The summed E-state index contributed by atoms with van der Waals surface area (Å²) in [5.41, 5.74) is -2.41. The fraction of sp³-hybridized carbons (Fsp3) is 0.712. The third kappa shape index (κ3) is 18.2. The molecular weight excluding hydrogens is 1260 g/mol. The van der Waals surface area contributed by atoms with Gasteiger partial charge in [0, 0.05) is 95.3 Å². The van der Waals surface area contributed by atoms with E-state index in [1.54, 1.807) is 27.7 Å². The quantitative estimate of drug-likeness (QED) is 0.232. The van der Waals surface area contributed by atoms with Gasteiger partial charge in [0.15, 0.2) is 0 Å². The Morgan fingerprint density at radius 3 is 1.89 bits per heavy atom. The number of carbonyl (C=O) groups is 13. The first kappa shape index (κ1) is 77.1. The number of likely N-dealkylation sites (N-methyl/N-ethyl adjacent to an activating group) is 7. The first-order valence-corrected chi connectivity index (χ1v) is 33.4. The lowest BCUT2D eigenvalue weighted by Gasteiger charge is -2.46. The van der Waals surface area contributed by atoms with Gasteiger partial charge in [-0.2, -0.15) is 13.2 Å². The zero-order chi connectivity index (χ0) is 71.4. The molecule has 27 nitrogen and oxygen atoms in total. The van der Waals surface area contributed by atoms with Gasteiger partial charge in [0.2, 0.25) is 70.9 Å². The van der Waals surface area contributed by atoms with Crippen molar-refractivity contribution in [3.8, 4) is 0 Å². The Morgan fingerprint density at radius 2 is 1.32 bits per heavy atom. The van der Waals surface area contributed by atoms with E-state index in [-0.39, 0.29) is 70.2 Å². The summed E-state index contributed by atoms with van der Waals surface area (Å²) in [5.74, 6) is -11.4. The molecule has 1 unspecified atom stereocenters. The second-order valence-electron chi connectivity index (χ2n) is 26.8. The predicted octanol–water partition coefficient (Wildman–Crippen LogP) is 1.87. The van der Waals surface area contributed by atoms with E-state index in [1.807, 2.05) is 0 Å². The number of hydrogen-bond acceptors (Lipinski definition) is 14. The molecular formula is C66H99F3N12O15. The van der Waals surface area contributed by atoms with Crippen molar-refractivity contribution in [3.05, 3.63) is 35.4 Å². The van der Waals surface area contributed by atoms with Crippen molar-refractivity contribution >= 4 is 76.9 Å². The largest absolute Gasteiger partial charge is 0.481 e. The fourth-order valence-corrected chi connectivity index (χ4v) is 13.8. The minimum Gasteiger partial charge on any atom is -0.481 e. The Bertz CT molecular complexity index is 3030. The molecule has 0 aromatic heterocycles. The summed E-state index contributed by atoms with van der Waals surface area (Å²) >= 11 is 0. The average molecular weight is 1360 g/mol. The van der Waals surface area contributed by atoms with Crippen LogP contribution in [0.2, 0.25) is 0 Å². The minimum atomic E-state index is -4.72. The van der Waals surface area contributed by atoms with E-state index in [0.29, 0.717) is 44.9 Å². The summed E-state index contributed by atoms with van der Waals surface area (Å²) in [6, 6.07) is -7.00. The zero-order valence-corrected chi connectivity index (χ0v) is 57.5. The lowest BCUT2D eigenvalue weighted by molar-refractivity contribution is -0.157. The molecule has 96 heavy (non-hydrogen) atoms. The molecule has 4 N–H and O–H groups in total. The van der Waals surface area contributed by atoms with Crippen LogP contribution in [0.3, 0.4) is 0 Å². The van der Waals surface area contributed by atoms with Crippen LogP contribution in [0.5, 0.6) is 0 Å². The van der Waals surface area contributed by atoms with Gasteiger partial charge in [0.1, 0.15) is 53.9 Å². The van der Waals surface area contributed by atoms with Crippen molar-refractivity contribution in [1.29, 1.82) is 0 Å². The summed E-state index contributed by atoms with van der Waals surface area (Å²) in [5, 5.41) is 18.2. The van der Waals surface area contributed by atoms with Crippen LogP contribution in [0.25, 0.3) is 0 Å². The molecule has 3 heterocycles. The number of carboxylic acids is 1. The standard InChI is InChI=1S/C66H99F3N12O15/c1-13-39(4)54-62(93)75(8)38-52(84)77(10)46-23-18-19-32-80(61(46)92)49(33-40-24-26-42(27-25-40)66(67,68)69)60(91)74(7)37-50(82)70-44(28-29-53(85)86)58(89)81-36-43(96-15-3)34-47(81)57(88)72-65(30-20-31-65)64(95)79(12)55(41-21-16-17-22-41)63(94)78(11)48(59(90)73(5)6)35-51(83)76(9)45(14-2)56(87)71-54/h24-27,39,41,43-49,54-55H,13-23,28-38H2,1-12H3,(H,70,82)(H,71,87)(H,72,88)(H,85,86)/t39-,43+,44-,45+,46-,47-,48-,49-,54?,55-/m0/s1. The maximum Gasteiger partial charge on any atom is 0.416 e. The number of alkyl halides is 3. The van der Waals surface area contributed by atoms with Gasteiger partial charge in [0.05, 0.1) is 31.2 Å². The van der Waals surface area contributed by atoms with Crippen molar-refractivity contribution in [2.45, 2.75) is 203 Å². The van der Waals surface area contributed by atoms with Gasteiger partial charge < -0.3 is 69.9 Å². The van der Waals surface area contributed by atoms with Crippen LogP contribution in [0.1, 0.15) is 142 Å². The van der Waals surface area contributed by atoms with E-state index in [1.165, 1.54) is 71.1 Å². The van der Waals surface area contributed by atoms with Crippen molar-refractivity contribution in [2.75, 3.05) is 89.2 Å². The summed E-state index contributed by atoms with van der Waals surface area (Å²) in [6.07, 6.45) is -3.47. The number of amides is 12. The van der Waals surface area contributed by atoms with Gasteiger partial charge in [0.25, 0.3) is 0 Å². The van der Waals surface area contributed by atoms with Gasteiger partial charge in [-0.05, 0) is 101 Å². The summed E-state index contributed by atoms with van der Waals surface area (Å²) < 4.78 is 47.4. The number of fused-ring (bicyclic) bond motifs is 3. The van der Waals surface area contributed by atoms with Gasteiger partial charge in [-0.15, -0.1) is 0 Å². The second kappa shape index (κ2) is 33.4. The minimum absolute atomic E-state index is 0.0228. The van der Waals surface area contributed by atoms with E-state index in [2.05, 4.69) is 16.0 Å². The maximum atomic E-state index is 15.3. The van der Waals surface area contributed by atoms with Crippen LogP contribution in [0, 0.1) is 11.8 Å². The molecule has 3 saturated heterocycles. The molecule has 12 amide bonds. The summed E-state index contributed by atoms with van der Waals surface area (Å²) in [7, 11) is 11.0. The number of ether oxygens (including phenoxy) is 1. The Labute approximate surface area is 559 Å². The molecule has 2 saturated carbocycles. The SMILES string of the molecule is CCO[C@@H]1C[C@H]2C(=O)NC3(CCC3)C(=O)N(C)[C@@H](C3CCCC3)C(=O)N(C)[C@H](C(=O)N(C)C)CC(=O)N(C)[C@H](CC)C(=O)NC([C@@H](C)CC)C(=O)N(C)CC(=O)N(C)[C@H]3CCCCN(C3=O)[C@@H](Cc3ccc(C(F)(F)F)cc3)C(=O)N(C)CC(=O)N[C@@H](CCC(=O)O)C(=O)N2C1. The lowest BCUT2D eigenvalue weighted by atomic mass is 9.74. The number of rotatable bonds is 12. The van der Waals surface area contributed by atoms with E-state index in [0.717, 1.165) is 53.7 Å². The highest BCUT2D eigenvalue weighted by atomic mass is 19.4. The van der Waals surface area contributed by atoms with Crippen molar-refractivity contribution < 1.29 is 85.3 Å². The lowest BCUT2D eigenvalue weighted by Crippen LogP contribution is -2.68. The Morgan fingerprint density at radius 1 is 0.698 bits per heavy atom. The number of carboxylic acid groups (broad SMARTS) is 1. The van der Waals surface area contributed by atoms with Crippen molar-refractivity contribution in [2.24, 2.45) is 11.8 Å². The smallest absolute Gasteiger partial charge is 0.416 e. The molecule has 6 rings (SSSR count). The van der Waals surface area contributed by atoms with Gasteiger partial charge >= 0.3 is 12.1 Å². The van der Waals surface area contributed by atoms with Gasteiger partial charge in [-0.1, -0.05) is 52.2 Å². The topological polar surface area (TPSA) is 317 Å². The molecule has 30 heteroatoms. The highest BCUT2D eigenvalue weighted by Crippen LogP contribution is 2.39. The molecule has 0 radical (unpaired) electrons. The molecule has 1 aromatic carbocycles. The number of hydrogen-bond donors (Lipinski definition) is 4. The zero-order valence-electron chi connectivity index (χ0n) is 57.5. The van der Waals surface area contributed by atoms with Crippen LogP contribution in [-0.2, 0) is 79.7 Å².